The summed E-state index contributed by atoms with van der Waals surface area (Å²) in [6.07, 6.45) is 0.814. The van der Waals surface area contributed by atoms with Gasteiger partial charge in [0.2, 0.25) is 5.91 Å². The lowest BCUT2D eigenvalue weighted by Crippen LogP contribution is -2.40. The van der Waals surface area contributed by atoms with Gasteiger partial charge in [0.25, 0.3) is 0 Å². The lowest BCUT2D eigenvalue weighted by molar-refractivity contribution is -0.118. The van der Waals surface area contributed by atoms with Crippen LogP contribution in [0.1, 0.15) is 37.6 Å². The van der Waals surface area contributed by atoms with E-state index in [4.69, 9.17) is 10.5 Å². The van der Waals surface area contributed by atoms with Gasteiger partial charge in [0.1, 0.15) is 0 Å². The van der Waals surface area contributed by atoms with Gasteiger partial charge in [-0.1, -0.05) is 32.4 Å². The number of carbonyl (C=O) groups excluding carboxylic acids is 2. The second-order valence-corrected chi connectivity index (χ2v) is 4.67. The van der Waals surface area contributed by atoms with E-state index in [1.165, 1.54) is 0 Å². The Morgan fingerprint density at radius 2 is 1.95 bits per heavy atom. The lowest BCUT2D eigenvalue weighted by Gasteiger charge is -2.18. The summed E-state index contributed by atoms with van der Waals surface area (Å²) < 4.78 is 4.96. The standard InChI is InChI=1S/C15H22N2O3/c1-4-10(3)13(16)14(18)17-12-9-7-6-8-11(12)15(19)20-5-2/h6-10,13H,4-5,16H2,1-3H3,(H,17,18). The molecule has 0 radical (unpaired) electrons. The highest BCUT2D eigenvalue weighted by Gasteiger charge is 2.21. The molecule has 2 unspecified atom stereocenters. The predicted octanol–water partition coefficient (Wildman–Crippen LogP) is 2.18. The molecule has 1 aromatic carbocycles. The number of esters is 1. The van der Waals surface area contributed by atoms with Crippen LogP contribution in [0.2, 0.25) is 0 Å². The molecule has 0 heterocycles. The van der Waals surface area contributed by atoms with Crippen LogP contribution in [0.25, 0.3) is 0 Å². The van der Waals surface area contributed by atoms with Crippen molar-refractivity contribution in [2.75, 3.05) is 11.9 Å². The maximum atomic E-state index is 12.1. The molecule has 0 saturated carbocycles. The van der Waals surface area contributed by atoms with Crippen molar-refractivity contribution in [2.24, 2.45) is 11.7 Å². The van der Waals surface area contributed by atoms with Crippen LogP contribution in [0.3, 0.4) is 0 Å². The molecular formula is C15H22N2O3. The van der Waals surface area contributed by atoms with E-state index in [1.54, 1.807) is 31.2 Å². The van der Waals surface area contributed by atoms with Crippen LogP contribution in [0, 0.1) is 5.92 Å². The number of nitrogens with one attached hydrogen (secondary N) is 1. The zero-order valence-corrected chi connectivity index (χ0v) is 12.2. The number of hydrogen-bond donors (Lipinski definition) is 2. The van der Waals surface area contributed by atoms with Gasteiger partial charge in [0.05, 0.1) is 23.9 Å². The quantitative estimate of drug-likeness (QED) is 0.781. The summed E-state index contributed by atoms with van der Waals surface area (Å²) in [6, 6.07) is 6.13. The van der Waals surface area contributed by atoms with Crippen molar-refractivity contribution in [3.8, 4) is 0 Å². The molecule has 1 amide bonds. The van der Waals surface area contributed by atoms with Gasteiger partial charge in [-0.15, -0.1) is 0 Å². The van der Waals surface area contributed by atoms with Crippen molar-refractivity contribution < 1.29 is 14.3 Å². The smallest absolute Gasteiger partial charge is 0.340 e. The summed E-state index contributed by atoms with van der Waals surface area (Å²) >= 11 is 0. The van der Waals surface area contributed by atoms with Crippen molar-refractivity contribution in [3.63, 3.8) is 0 Å². The monoisotopic (exact) mass is 278 g/mol. The summed E-state index contributed by atoms with van der Waals surface area (Å²) in [5.74, 6) is -0.679. The number of para-hydroxylation sites is 1. The van der Waals surface area contributed by atoms with Crippen LogP contribution in [-0.2, 0) is 9.53 Å². The zero-order valence-electron chi connectivity index (χ0n) is 12.2. The largest absolute Gasteiger partial charge is 0.462 e. The summed E-state index contributed by atoms with van der Waals surface area (Å²) in [5, 5.41) is 2.70. The molecular weight excluding hydrogens is 256 g/mol. The van der Waals surface area contributed by atoms with Crippen molar-refractivity contribution in [2.45, 2.75) is 33.2 Å². The zero-order chi connectivity index (χ0) is 15.1. The third kappa shape index (κ3) is 4.06. The molecule has 0 aliphatic rings. The average molecular weight is 278 g/mol. The van der Waals surface area contributed by atoms with Gasteiger partial charge in [-0.2, -0.15) is 0 Å². The summed E-state index contributed by atoms with van der Waals surface area (Å²) in [5.41, 5.74) is 6.63. The van der Waals surface area contributed by atoms with Gasteiger partial charge in [-0.3, -0.25) is 4.79 Å². The van der Waals surface area contributed by atoms with Gasteiger partial charge < -0.3 is 15.8 Å². The van der Waals surface area contributed by atoms with Gasteiger partial charge in [0.15, 0.2) is 0 Å². The topological polar surface area (TPSA) is 81.4 Å². The minimum atomic E-state index is -0.602. The molecule has 0 aliphatic heterocycles. The first-order valence-corrected chi connectivity index (χ1v) is 6.83. The first-order chi connectivity index (χ1) is 9.51. The fraction of sp³-hybridized carbons (Fsp3) is 0.467. The molecule has 0 saturated heterocycles. The summed E-state index contributed by atoms with van der Waals surface area (Å²) in [4.78, 5) is 23.9. The molecule has 0 aliphatic carbocycles. The summed E-state index contributed by atoms with van der Waals surface area (Å²) in [6.45, 7) is 5.91. The summed E-state index contributed by atoms with van der Waals surface area (Å²) in [7, 11) is 0. The van der Waals surface area contributed by atoms with Crippen molar-refractivity contribution >= 4 is 17.6 Å². The highest BCUT2D eigenvalue weighted by Crippen LogP contribution is 2.17. The Kier molecular flexibility index (Phi) is 6.18. The molecule has 0 fully saturated rings. The Labute approximate surface area is 119 Å². The van der Waals surface area contributed by atoms with E-state index in [1.807, 2.05) is 13.8 Å². The van der Waals surface area contributed by atoms with E-state index in [2.05, 4.69) is 5.32 Å². The van der Waals surface area contributed by atoms with Crippen molar-refractivity contribution in [1.82, 2.24) is 0 Å². The van der Waals surface area contributed by atoms with Crippen LogP contribution < -0.4 is 11.1 Å². The number of anilines is 1. The number of amides is 1. The molecule has 0 bridgehead atoms. The fourth-order valence-electron chi connectivity index (χ4n) is 1.71. The lowest BCUT2D eigenvalue weighted by atomic mass is 9.99. The number of hydrogen-bond acceptors (Lipinski definition) is 4. The number of rotatable bonds is 6. The molecule has 110 valence electrons. The van der Waals surface area contributed by atoms with Gasteiger partial charge in [-0.05, 0) is 25.0 Å². The number of benzene rings is 1. The van der Waals surface area contributed by atoms with E-state index >= 15 is 0 Å². The molecule has 0 aromatic heterocycles. The normalized spacial score (nSPS) is 13.4. The fourth-order valence-corrected chi connectivity index (χ4v) is 1.71. The second-order valence-electron chi connectivity index (χ2n) is 4.67. The highest BCUT2D eigenvalue weighted by atomic mass is 16.5. The molecule has 1 aromatic rings. The van der Waals surface area contributed by atoms with Crippen LogP contribution >= 0.6 is 0 Å². The minimum absolute atomic E-state index is 0.0738. The van der Waals surface area contributed by atoms with Crippen LogP contribution in [0.5, 0.6) is 0 Å². The SMILES string of the molecule is CCOC(=O)c1ccccc1NC(=O)C(N)C(C)CC. The average Bonchev–Trinajstić information content (AvgIpc) is 2.46. The van der Waals surface area contributed by atoms with E-state index in [0.29, 0.717) is 11.3 Å². The van der Waals surface area contributed by atoms with E-state index < -0.39 is 12.0 Å². The Hall–Kier alpha value is -1.88. The maximum Gasteiger partial charge on any atom is 0.340 e. The van der Waals surface area contributed by atoms with Gasteiger partial charge in [-0.25, -0.2) is 4.79 Å². The Bertz CT molecular complexity index is 474. The van der Waals surface area contributed by atoms with Crippen molar-refractivity contribution in [3.05, 3.63) is 29.8 Å². The number of nitrogens with two attached hydrogens (primary N) is 1. The maximum absolute atomic E-state index is 12.1. The molecule has 2 atom stereocenters. The first-order valence-electron chi connectivity index (χ1n) is 6.83. The molecule has 5 heteroatoms. The van der Waals surface area contributed by atoms with Crippen LogP contribution in [0.4, 0.5) is 5.69 Å². The predicted molar refractivity (Wildman–Crippen MR) is 78.5 cm³/mol. The third-order valence-electron chi connectivity index (χ3n) is 3.24. The van der Waals surface area contributed by atoms with Crippen molar-refractivity contribution in [1.29, 1.82) is 0 Å². The van der Waals surface area contributed by atoms with Crippen LogP contribution in [0.15, 0.2) is 24.3 Å². The molecule has 5 nitrogen and oxygen atoms in total. The van der Waals surface area contributed by atoms with Gasteiger partial charge in [0, 0.05) is 0 Å². The second kappa shape index (κ2) is 7.65. The molecule has 1 rings (SSSR count). The van der Waals surface area contributed by atoms with Gasteiger partial charge >= 0.3 is 5.97 Å². The van der Waals surface area contributed by atoms with E-state index in [9.17, 15) is 9.59 Å². The highest BCUT2D eigenvalue weighted by molar-refractivity contribution is 6.02. The number of carbonyl (C=O) groups is 2. The third-order valence-corrected chi connectivity index (χ3v) is 3.24. The Balaban J connectivity index is 2.87. The van der Waals surface area contributed by atoms with E-state index in [0.717, 1.165) is 6.42 Å². The minimum Gasteiger partial charge on any atom is -0.462 e. The van der Waals surface area contributed by atoms with Crippen LogP contribution in [-0.4, -0.2) is 24.5 Å². The number of ether oxygens (including phenoxy) is 1. The first kappa shape index (κ1) is 16.2. The molecule has 3 N–H and O–H groups in total. The molecule has 0 spiro atoms. The Morgan fingerprint density at radius 1 is 1.30 bits per heavy atom. The Morgan fingerprint density at radius 3 is 2.55 bits per heavy atom. The molecule has 20 heavy (non-hydrogen) atoms. The van der Waals surface area contributed by atoms with E-state index in [-0.39, 0.29) is 18.4 Å².